The van der Waals surface area contributed by atoms with Crippen molar-refractivity contribution >= 4 is 11.9 Å². The molecule has 2 rings (SSSR count). The van der Waals surface area contributed by atoms with Crippen LogP contribution < -0.4 is 5.32 Å². The monoisotopic (exact) mass is 282 g/mol. The topological polar surface area (TPSA) is 69.6 Å². The van der Waals surface area contributed by atoms with Gasteiger partial charge in [0.05, 0.1) is 0 Å². The lowest BCUT2D eigenvalue weighted by Crippen LogP contribution is -2.39. The molecule has 1 amide bonds. The lowest BCUT2D eigenvalue weighted by atomic mass is 9.89. The number of carboxylic acid groups (broad SMARTS) is 1. The Balaban J connectivity index is 1.63. The summed E-state index contributed by atoms with van der Waals surface area (Å²) in [5.41, 5.74) is 0. The summed E-state index contributed by atoms with van der Waals surface area (Å²) >= 11 is 0. The van der Waals surface area contributed by atoms with Crippen LogP contribution in [0, 0.1) is 5.92 Å². The molecule has 114 valence electrons. The number of amides is 1. The van der Waals surface area contributed by atoms with E-state index in [0.29, 0.717) is 25.3 Å². The van der Waals surface area contributed by atoms with E-state index in [1.165, 1.54) is 32.1 Å². The van der Waals surface area contributed by atoms with Crippen LogP contribution in [0.1, 0.15) is 51.4 Å². The molecule has 0 spiro atoms. The van der Waals surface area contributed by atoms with E-state index >= 15 is 0 Å². The summed E-state index contributed by atoms with van der Waals surface area (Å²) in [6, 6.07) is -0.388. The molecular weight excluding hydrogens is 256 g/mol. The Labute approximate surface area is 120 Å². The number of carbonyl (C=O) groups is 2. The van der Waals surface area contributed by atoms with Crippen molar-refractivity contribution < 1.29 is 14.7 Å². The third-order valence-electron chi connectivity index (χ3n) is 4.59. The van der Waals surface area contributed by atoms with Crippen LogP contribution in [-0.2, 0) is 9.59 Å². The molecule has 1 saturated heterocycles. The van der Waals surface area contributed by atoms with E-state index in [9.17, 15) is 9.59 Å². The summed E-state index contributed by atoms with van der Waals surface area (Å²) in [4.78, 5) is 24.8. The van der Waals surface area contributed by atoms with Crippen molar-refractivity contribution in [2.45, 2.75) is 57.4 Å². The minimum atomic E-state index is -0.759. The molecular formula is C15H26N2O3. The molecule has 20 heavy (non-hydrogen) atoms. The third kappa shape index (κ3) is 4.47. The Morgan fingerprint density at radius 1 is 1.10 bits per heavy atom. The molecule has 0 unspecified atom stereocenters. The fourth-order valence-corrected chi connectivity index (χ4v) is 3.36. The highest BCUT2D eigenvalue weighted by atomic mass is 16.4. The summed E-state index contributed by atoms with van der Waals surface area (Å²) in [5, 5.41) is 12.1. The summed E-state index contributed by atoms with van der Waals surface area (Å²) < 4.78 is 0. The standard InChI is InChI=1S/C15H26N2O3/c18-14(16-11-12-5-2-1-3-6-12)8-10-17-9-4-7-13(17)15(19)20/h12-13H,1-11H2,(H,16,18)(H,19,20)/t13-/m1/s1. The molecule has 1 saturated carbocycles. The first-order valence-corrected chi connectivity index (χ1v) is 7.90. The molecule has 5 heteroatoms. The van der Waals surface area contributed by atoms with Gasteiger partial charge in [-0.05, 0) is 38.1 Å². The van der Waals surface area contributed by atoms with E-state index < -0.39 is 5.97 Å². The van der Waals surface area contributed by atoms with Crippen LogP contribution in [0.3, 0.4) is 0 Å². The first-order chi connectivity index (χ1) is 9.66. The van der Waals surface area contributed by atoms with Crippen LogP contribution in [0.15, 0.2) is 0 Å². The van der Waals surface area contributed by atoms with E-state index in [1.54, 1.807) is 0 Å². The molecule has 5 nitrogen and oxygen atoms in total. The number of hydrogen-bond acceptors (Lipinski definition) is 3. The maximum absolute atomic E-state index is 11.8. The predicted octanol–water partition coefficient (Wildman–Crippen LogP) is 1.62. The summed E-state index contributed by atoms with van der Waals surface area (Å²) in [5.74, 6) is -0.0528. The van der Waals surface area contributed by atoms with Gasteiger partial charge in [0.1, 0.15) is 6.04 Å². The normalized spacial score (nSPS) is 24.7. The number of rotatable bonds is 6. The number of carbonyl (C=O) groups excluding carboxylic acids is 1. The van der Waals surface area contributed by atoms with E-state index in [2.05, 4.69) is 5.32 Å². The van der Waals surface area contributed by atoms with Crippen molar-refractivity contribution in [3.63, 3.8) is 0 Å². The fourth-order valence-electron chi connectivity index (χ4n) is 3.36. The van der Waals surface area contributed by atoms with Crippen molar-refractivity contribution in [1.82, 2.24) is 10.2 Å². The molecule has 2 aliphatic rings. The second kappa shape index (κ2) is 7.62. The quantitative estimate of drug-likeness (QED) is 0.777. The van der Waals surface area contributed by atoms with Crippen LogP contribution in [0.25, 0.3) is 0 Å². The molecule has 1 aliphatic carbocycles. The van der Waals surface area contributed by atoms with Crippen molar-refractivity contribution in [1.29, 1.82) is 0 Å². The van der Waals surface area contributed by atoms with Crippen LogP contribution in [0.4, 0.5) is 0 Å². The van der Waals surface area contributed by atoms with E-state index in [4.69, 9.17) is 5.11 Å². The van der Waals surface area contributed by atoms with Crippen LogP contribution in [0.5, 0.6) is 0 Å². The van der Waals surface area contributed by atoms with Gasteiger partial charge in [0.15, 0.2) is 0 Å². The average Bonchev–Trinajstić information content (AvgIpc) is 2.92. The SMILES string of the molecule is O=C(CCN1CCC[C@@H]1C(=O)O)NCC1CCCCC1. The van der Waals surface area contributed by atoms with Crippen molar-refractivity contribution in [3.05, 3.63) is 0 Å². The Bertz CT molecular complexity index is 340. The molecule has 1 aliphatic heterocycles. The lowest BCUT2D eigenvalue weighted by molar-refractivity contribution is -0.142. The minimum absolute atomic E-state index is 0.0617. The van der Waals surface area contributed by atoms with Gasteiger partial charge in [0.2, 0.25) is 5.91 Å². The Kier molecular flexibility index (Phi) is 5.83. The van der Waals surface area contributed by atoms with Gasteiger partial charge in [-0.2, -0.15) is 0 Å². The second-order valence-corrected chi connectivity index (χ2v) is 6.09. The number of carboxylic acids is 1. The van der Waals surface area contributed by atoms with Gasteiger partial charge in [-0.25, -0.2) is 0 Å². The largest absolute Gasteiger partial charge is 0.480 e. The Morgan fingerprint density at radius 3 is 2.55 bits per heavy atom. The van der Waals surface area contributed by atoms with Gasteiger partial charge in [0.25, 0.3) is 0 Å². The zero-order chi connectivity index (χ0) is 14.4. The van der Waals surface area contributed by atoms with Gasteiger partial charge in [-0.1, -0.05) is 19.3 Å². The third-order valence-corrected chi connectivity index (χ3v) is 4.59. The minimum Gasteiger partial charge on any atom is -0.480 e. The van der Waals surface area contributed by atoms with Crippen molar-refractivity contribution in [3.8, 4) is 0 Å². The molecule has 0 radical (unpaired) electrons. The van der Waals surface area contributed by atoms with Gasteiger partial charge in [0, 0.05) is 19.5 Å². The number of hydrogen-bond donors (Lipinski definition) is 2. The Morgan fingerprint density at radius 2 is 1.85 bits per heavy atom. The molecule has 1 heterocycles. The molecule has 0 bridgehead atoms. The number of nitrogens with zero attached hydrogens (tertiary/aromatic N) is 1. The van der Waals surface area contributed by atoms with Crippen LogP contribution in [0.2, 0.25) is 0 Å². The first-order valence-electron chi connectivity index (χ1n) is 7.90. The Hall–Kier alpha value is -1.10. The highest BCUT2D eigenvalue weighted by Crippen LogP contribution is 2.22. The average molecular weight is 282 g/mol. The highest BCUT2D eigenvalue weighted by molar-refractivity contribution is 5.76. The van der Waals surface area contributed by atoms with E-state index in [0.717, 1.165) is 19.5 Å². The van der Waals surface area contributed by atoms with E-state index in [1.807, 2.05) is 4.90 Å². The van der Waals surface area contributed by atoms with Crippen molar-refractivity contribution in [2.24, 2.45) is 5.92 Å². The lowest BCUT2D eigenvalue weighted by Gasteiger charge is -2.23. The summed E-state index contributed by atoms with van der Waals surface area (Å²) in [6.07, 6.45) is 8.40. The highest BCUT2D eigenvalue weighted by Gasteiger charge is 2.30. The summed E-state index contributed by atoms with van der Waals surface area (Å²) in [7, 11) is 0. The zero-order valence-corrected chi connectivity index (χ0v) is 12.1. The molecule has 0 aromatic rings. The van der Waals surface area contributed by atoms with Gasteiger partial charge >= 0.3 is 5.97 Å². The smallest absolute Gasteiger partial charge is 0.320 e. The van der Waals surface area contributed by atoms with Crippen LogP contribution in [-0.4, -0.2) is 47.6 Å². The predicted molar refractivity (Wildman–Crippen MR) is 76.4 cm³/mol. The van der Waals surface area contributed by atoms with E-state index in [-0.39, 0.29) is 11.9 Å². The van der Waals surface area contributed by atoms with Gasteiger partial charge < -0.3 is 10.4 Å². The number of nitrogens with one attached hydrogen (secondary N) is 1. The van der Waals surface area contributed by atoms with Gasteiger partial charge in [-0.3, -0.25) is 14.5 Å². The maximum Gasteiger partial charge on any atom is 0.320 e. The number of likely N-dealkylation sites (tertiary alicyclic amines) is 1. The van der Waals surface area contributed by atoms with Crippen molar-refractivity contribution in [2.75, 3.05) is 19.6 Å². The molecule has 0 aromatic heterocycles. The maximum atomic E-state index is 11.8. The zero-order valence-electron chi connectivity index (χ0n) is 12.1. The molecule has 1 atom stereocenters. The number of aliphatic carboxylic acids is 1. The molecule has 0 aromatic carbocycles. The van der Waals surface area contributed by atoms with Crippen LogP contribution >= 0.6 is 0 Å². The molecule has 2 N–H and O–H groups in total. The fraction of sp³-hybridized carbons (Fsp3) is 0.867. The second-order valence-electron chi connectivity index (χ2n) is 6.09. The van der Waals surface area contributed by atoms with Gasteiger partial charge in [-0.15, -0.1) is 0 Å². The summed E-state index contributed by atoms with van der Waals surface area (Å²) in [6.45, 7) is 2.15. The first kappa shape index (κ1) is 15.3. The molecule has 2 fully saturated rings.